The number of carbonyl (C=O) groups is 2. The molecule has 1 aromatic carbocycles. The van der Waals surface area contributed by atoms with Crippen molar-refractivity contribution in [2.75, 3.05) is 19.3 Å². The van der Waals surface area contributed by atoms with Gasteiger partial charge in [-0.2, -0.15) is 4.31 Å². The molecule has 1 heterocycles. The molecule has 144 valence electrons. The van der Waals surface area contributed by atoms with Crippen molar-refractivity contribution in [1.29, 1.82) is 0 Å². The van der Waals surface area contributed by atoms with E-state index in [2.05, 4.69) is 5.32 Å². The van der Waals surface area contributed by atoms with E-state index in [1.807, 2.05) is 31.2 Å². The van der Waals surface area contributed by atoms with Gasteiger partial charge in [-0.1, -0.05) is 36.2 Å². The highest BCUT2D eigenvalue weighted by molar-refractivity contribution is 7.88. The number of piperidine rings is 1. The Hall–Kier alpha value is -1.93. The van der Waals surface area contributed by atoms with Crippen molar-refractivity contribution >= 4 is 21.9 Å². The first-order chi connectivity index (χ1) is 12.2. The first-order valence-electron chi connectivity index (χ1n) is 8.71. The third kappa shape index (κ3) is 5.54. The van der Waals surface area contributed by atoms with Gasteiger partial charge in [0.2, 0.25) is 15.9 Å². The Kier molecular flexibility index (Phi) is 6.77. The van der Waals surface area contributed by atoms with E-state index in [-0.39, 0.29) is 6.54 Å². The third-order valence-electron chi connectivity index (χ3n) is 4.62. The van der Waals surface area contributed by atoms with Gasteiger partial charge >= 0.3 is 5.97 Å². The van der Waals surface area contributed by atoms with Gasteiger partial charge in [-0.3, -0.25) is 9.59 Å². The summed E-state index contributed by atoms with van der Waals surface area (Å²) in [4.78, 5) is 24.0. The van der Waals surface area contributed by atoms with E-state index in [4.69, 9.17) is 0 Å². The first-order valence-corrected chi connectivity index (χ1v) is 10.6. The smallest absolute Gasteiger partial charge is 0.308 e. The van der Waals surface area contributed by atoms with Gasteiger partial charge in [0.15, 0.2) is 0 Å². The number of aliphatic carboxylic acids is 1. The van der Waals surface area contributed by atoms with Gasteiger partial charge in [-0.25, -0.2) is 8.42 Å². The van der Waals surface area contributed by atoms with Crippen molar-refractivity contribution in [3.05, 3.63) is 35.4 Å². The molecule has 0 radical (unpaired) electrons. The minimum atomic E-state index is -3.47. The molecule has 0 bridgehead atoms. The number of aryl methyl sites for hydroxylation is 1. The molecule has 2 atom stereocenters. The Balaban J connectivity index is 2.01. The van der Waals surface area contributed by atoms with Gasteiger partial charge in [0.1, 0.15) is 6.04 Å². The monoisotopic (exact) mass is 382 g/mol. The Labute approximate surface area is 154 Å². The van der Waals surface area contributed by atoms with Gasteiger partial charge in [0, 0.05) is 13.1 Å². The molecule has 0 aliphatic carbocycles. The zero-order valence-corrected chi connectivity index (χ0v) is 16.0. The van der Waals surface area contributed by atoms with Crippen LogP contribution in [0.4, 0.5) is 0 Å². The largest absolute Gasteiger partial charge is 0.481 e. The molecule has 2 N–H and O–H groups in total. The molecule has 8 heteroatoms. The van der Waals surface area contributed by atoms with Crippen LogP contribution >= 0.6 is 0 Å². The number of amides is 1. The molecular weight excluding hydrogens is 356 g/mol. The topological polar surface area (TPSA) is 104 Å². The summed E-state index contributed by atoms with van der Waals surface area (Å²) in [5.74, 6) is -2.18. The lowest BCUT2D eigenvalue weighted by molar-refractivity contribution is -0.141. The van der Waals surface area contributed by atoms with Crippen molar-refractivity contribution in [3.8, 4) is 0 Å². The highest BCUT2D eigenvalue weighted by Crippen LogP contribution is 2.20. The lowest BCUT2D eigenvalue weighted by Gasteiger charge is -2.32. The van der Waals surface area contributed by atoms with Crippen LogP contribution in [0.5, 0.6) is 0 Å². The molecule has 1 amide bonds. The Morgan fingerprint density at radius 2 is 2.08 bits per heavy atom. The minimum absolute atomic E-state index is 0.0315. The highest BCUT2D eigenvalue weighted by atomic mass is 32.2. The summed E-state index contributed by atoms with van der Waals surface area (Å²) in [5, 5.41) is 12.1. The second-order valence-electron chi connectivity index (χ2n) is 6.86. The summed E-state index contributed by atoms with van der Waals surface area (Å²) in [7, 11) is -3.47. The lowest BCUT2D eigenvalue weighted by Crippen LogP contribution is -2.52. The van der Waals surface area contributed by atoms with Gasteiger partial charge in [-0.05, 0) is 31.7 Å². The first kappa shape index (κ1) is 20.4. The molecule has 7 nitrogen and oxygen atoms in total. The van der Waals surface area contributed by atoms with Crippen LogP contribution in [0.3, 0.4) is 0 Å². The van der Waals surface area contributed by atoms with Crippen LogP contribution in [0, 0.1) is 12.8 Å². The predicted octanol–water partition coefficient (Wildman–Crippen LogP) is 1.17. The van der Waals surface area contributed by atoms with Crippen molar-refractivity contribution in [1.82, 2.24) is 9.62 Å². The predicted molar refractivity (Wildman–Crippen MR) is 98.2 cm³/mol. The Morgan fingerprint density at radius 3 is 2.69 bits per heavy atom. The van der Waals surface area contributed by atoms with Crippen LogP contribution in [0.2, 0.25) is 0 Å². The van der Waals surface area contributed by atoms with E-state index < -0.39 is 33.9 Å². The van der Waals surface area contributed by atoms with Crippen LogP contribution in [0.25, 0.3) is 0 Å². The van der Waals surface area contributed by atoms with Crippen LogP contribution in [0.1, 0.15) is 30.4 Å². The molecule has 0 saturated carbocycles. The Morgan fingerprint density at radius 1 is 1.35 bits per heavy atom. The molecule has 0 unspecified atom stereocenters. The summed E-state index contributed by atoms with van der Waals surface area (Å²) < 4.78 is 25.0. The van der Waals surface area contributed by atoms with E-state index in [1.165, 1.54) is 4.31 Å². The highest BCUT2D eigenvalue weighted by Gasteiger charge is 2.34. The zero-order valence-electron chi connectivity index (χ0n) is 15.1. The van der Waals surface area contributed by atoms with Gasteiger partial charge in [0.05, 0.1) is 12.2 Å². The van der Waals surface area contributed by atoms with Gasteiger partial charge < -0.3 is 10.4 Å². The molecule has 0 aromatic heterocycles. The van der Waals surface area contributed by atoms with Crippen LogP contribution in [-0.2, 0) is 26.0 Å². The molecule has 26 heavy (non-hydrogen) atoms. The SMILES string of the molecule is Cc1cccc(C[C@H](CNC(=O)[C@H]2CCCCN2S(C)(=O)=O)C(=O)O)c1. The van der Waals surface area contributed by atoms with E-state index in [0.717, 1.165) is 30.2 Å². The molecule has 1 aromatic rings. The molecule has 0 spiro atoms. The van der Waals surface area contributed by atoms with E-state index >= 15 is 0 Å². The minimum Gasteiger partial charge on any atom is -0.481 e. The van der Waals surface area contributed by atoms with Crippen LogP contribution in [-0.4, -0.2) is 55.1 Å². The normalized spacial score (nSPS) is 19.7. The quantitative estimate of drug-likeness (QED) is 0.737. The molecule has 1 aliphatic heterocycles. The molecular formula is C18H26N2O5S. The fraction of sp³-hybridized carbons (Fsp3) is 0.556. The van der Waals surface area contributed by atoms with Crippen molar-refractivity contribution in [3.63, 3.8) is 0 Å². The van der Waals surface area contributed by atoms with Crippen molar-refractivity contribution < 1.29 is 23.1 Å². The average molecular weight is 382 g/mol. The number of nitrogens with zero attached hydrogens (tertiary/aromatic N) is 1. The number of benzene rings is 1. The van der Waals surface area contributed by atoms with Gasteiger partial charge in [-0.15, -0.1) is 0 Å². The fourth-order valence-corrected chi connectivity index (χ4v) is 4.40. The van der Waals surface area contributed by atoms with Crippen molar-refractivity contribution in [2.24, 2.45) is 5.92 Å². The third-order valence-corrected chi connectivity index (χ3v) is 5.91. The van der Waals surface area contributed by atoms with Crippen molar-refractivity contribution in [2.45, 2.75) is 38.6 Å². The molecule has 1 saturated heterocycles. The molecule has 1 fully saturated rings. The Bertz CT molecular complexity index is 763. The number of carboxylic acid groups (broad SMARTS) is 1. The van der Waals surface area contributed by atoms with E-state index in [0.29, 0.717) is 19.4 Å². The zero-order chi connectivity index (χ0) is 19.3. The summed E-state index contributed by atoms with van der Waals surface area (Å²) >= 11 is 0. The summed E-state index contributed by atoms with van der Waals surface area (Å²) in [6.45, 7) is 2.22. The van der Waals surface area contributed by atoms with Crippen LogP contribution in [0.15, 0.2) is 24.3 Å². The summed E-state index contributed by atoms with van der Waals surface area (Å²) in [6, 6.07) is 6.83. The number of hydrogen-bond donors (Lipinski definition) is 2. The maximum atomic E-state index is 12.5. The lowest BCUT2D eigenvalue weighted by atomic mass is 9.97. The number of nitrogens with one attached hydrogen (secondary N) is 1. The number of carbonyl (C=O) groups excluding carboxylic acids is 1. The van der Waals surface area contributed by atoms with Gasteiger partial charge in [0.25, 0.3) is 0 Å². The number of rotatable bonds is 7. The average Bonchev–Trinajstić information content (AvgIpc) is 2.57. The maximum absolute atomic E-state index is 12.5. The molecule has 2 rings (SSSR count). The van der Waals surface area contributed by atoms with E-state index in [9.17, 15) is 23.1 Å². The standard InChI is InChI=1S/C18H26N2O5S/c1-13-6-5-7-14(10-13)11-15(18(22)23)12-19-17(21)16-8-3-4-9-20(16)26(2,24)25/h5-7,10,15-16H,3-4,8-9,11-12H2,1-2H3,(H,19,21)(H,22,23)/t15-,16-/m1/s1. The van der Waals surface area contributed by atoms with E-state index in [1.54, 1.807) is 0 Å². The maximum Gasteiger partial charge on any atom is 0.308 e. The second kappa shape index (κ2) is 8.64. The molecule has 1 aliphatic rings. The summed E-state index contributed by atoms with van der Waals surface area (Å²) in [6.07, 6.45) is 3.35. The number of hydrogen-bond acceptors (Lipinski definition) is 4. The fourth-order valence-electron chi connectivity index (χ4n) is 3.28. The second-order valence-corrected chi connectivity index (χ2v) is 8.79. The number of carboxylic acids is 1. The van der Waals surface area contributed by atoms with Crippen LogP contribution < -0.4 is 5.32 Å². The summed E-state index contributed by atoms with van der Waals surface area (Å²) in [5.41, 5.74) is 1.93. The number of sulfonamides is 1.